The lowest BCUT2D eigenvalue weighted by atomic mass is 9.94. The fraction of sp³-hybridized carbons (Fsp3) is 0.273. The van der Waals surface area contributed by atoms with Crippen LogP contribution in [0.25, 0.3) is 0 Å². The molecule has 1 unspecified atom stereocenters. The number of hydrogen-bond donors (Lipinski definition) is 0. The predicted molar refractivity (Wildman–Crippen MR) is 105 cm³/mol. The van der Waals surface area contributed by atoms with Crippen LogP contribution in [0.4, 0.5) is 0 Å². The quantitative estimate of drug-likeness (QED) is 0.691. The third-order valence-electron chi connectivity index (χ3n) is 4.87. The van der Waals surface area contributed by atoms with Gasteiger partial charge in [-0.05, 0) is 49.6 Å². The second kappa shape index (κ2) is 8.17. The summed E-state index contributed by atoms with van der Waals surface area (Å²) in [6, 6.07) is 13.2. The van der Waals surface area contributed by atoms with Crippen LogP contribution in [-0.2, 0) is 0 Å². The van der Waals surface area contributed by atoms with Crippen LogP contribution in [0.3, 0.4) is 0 Å². The molecular formula is C22H22N4O2. The lowest BCUT2D eigenvalue weighted by Gasteiger charge is -2.32. The van der Waals surface area contributed by atoms with Gasteiger partial charge in [0.25, 0.3) is 5.91 Å². The standard InChI is InChI=1S/C22H22N4O2/c1-16-6-4-8-18(14-16)28-21-20(24-11-12-25-21)17-7-5-13-26(15-17)22(27)19-9-2-3-10-23-19/h2-4,6,8-12,14,17H,5,7,13,15H2,1H3. The minimum absolute atomic E-state index is 0.0460. The third kappa shape index (κ3) is 4.01. The Balaban J connectivity index is 1.55. The Bertz CT molecular complexity index is 962. The highest BCUT2D eigenvalue weighted by molar-refractivity contribution is 5.92. The van der Waals surface area contributed by atoms with Crippen molar-refractivity contribution in [1.82, 2.24) is 19.9 Å². The van der Waals surface area contributed by atoms with E-state index in [2.05, 4.69) is 15.0 Å². The number of aryl methyl sites for hydroxylation is 1. The van der Waals surface area contributed by atoms with E-state index in [1.165, 1.54) is 0 Å². The van der Waals surface area contributed by atoms with Crippen LogP contribution in [0.5, 0.6) is 11.6 Å². The zero-order valence-electron chi connectivity index (χ0n) is 15.8. The largest absolute Gasteiger partial charge is 0.437 e. The molecule has 1 aromatic carbocycles. The molecule has 1 aliphatic rings. The maximum atomic E-state index is 12.8. The summed E-state index contributed by atoms with van der Waals surface area (Å²) in [4.78, 5) is 27.8. The fourth-order valence-corrected chi connectivity index (χ4v) is 3.52. The monoisotopic (exact) mass is 374 g/mol. The first-order chi connectivity index (χ1) is 13.7. The van der Waals surface area contributed by atoms with Crippen LogP contribution < -0.4 is 4.74 Å². The van der Waals surface area contributed by atoms with E-state index in [1.807, 2.05) is 48.2 Å². The van der Waals surface area contributed by atoms with E-state index < -0.39 is 0 Å². The third-order valence-corrected chi connectivity index (χ3v) is 4.87. The molecule has 0 bridgehead atoms. The molecule has 1 atom stereocenters. The second-order valence-electron chi connectivity index (χ2n) is 6.97. The van der Waals surface area contributed by atoms with Crippen molar-refractivity contribution in [3.8, 4) is 11.6 Å². The maximum Gasteiger partial charge on any atom is 0.272 e. The van der Waals surface area contributed by atoms with Crippen LogP contribution in [0.1, 0.15) is 40.5 Å². The van der Waals surface area contributed by atoms with Crippen LogP contribution in [-0.4, -0.2) is 38.8 Å². The van der Waals surface area contributed by atoms with Gasteiger partial charge in [0, 0.05) is 37.6 Å². The lowest BCUT2D eigenvalue weighted by molar-refractivity contribution is 0.0699. The second-order valence-corrected chi connectivity index (χ2v) is 6.97. The van der Waals surface area contributed by atoms with Gasteiger partial charge in [0.2, 0.25) is 5.88 Å². The van der Waals surface area contributed by atoms with Gasteiger partial charge >= 0.3 is 0 Å². The van der Waals surface area contributed by atoms with Crippen LogP contribution in [0.2, 0.25) is 0 Å². The molecule has 3 aromatic rings. The van der Waals surface area contributed by atoms with Gasteiger partial charge in [-0.3, -0.25) is 14.8 Å². The number of hydrogen-bond acceptors (Lipinski definition) is 5. The zero-order valence-corrected chi connectivity index (χ0v) is 15.8. The molecule has 6 heteroatoms. The smallest absolute Gasteiger partial charge is 0.272 e. The normalized spacial score (nSPS) is 16.6. The molecule has 0 saturated carbocycles. The summed E-state index contributed by atoms with van der Waals surface area (Å²) in [6.07, 6.45) is 6.80. The van der Waals surface area contributed by atoms with Crippen molar-refractivity contribution in [2.75, 3.05) is 13.1 Å². The van der Waals surface area contributed by atoms with Gasteiger partial charge in [-0.1, -0.05) is 18.2 Å². The number of aromatic nitrogens is 3. The van der Waals surface area contributed by atoms with Crippen molar-refractivity contribution in [3.05, 3.63) is 78.0 Å². The molecule has 0 N–H and O–H groups in total. The predicted octanol–water partition coefficient (Wildman–Crippen LogP) is 3.99. The Hall–Kier alpha value is -3.28. The molecule has 142 valence electrons. The number of rotatable bonds is 4. The van der Waals surface area contributed by atoms with E-state index in [1.54, 1.807) is 24.7 Å². The summed E-state index contributed by atoms with van der Waals surface area (Å²) in [5.41, 5.74) is 2.38. The van der Waals surface area contributed by atoms with Gasteiger partial charge in [0.1, 0.15) is 17.1 Å². The summed E-state index contributed by atoms with van der Waals surface area (Å²) in [6.45, 7) is 3.32. The topological polar surface area (TPSA) is 68.2 Å². The Morgan fingerprint density at radius 3 is 2.79 bits per heavy atom. The van der Waals surface area contributed by atoms with Crippen molar-refractivity contribution >= 4 is 5.91 Å². The Kier molecular flexibility index (Phi) is 5.28. The lowest BCUT2D eigenvalue weighted by Crippen LogP contribution is -2.39. The number of benzene rings is 1. The number of likely N-dealkylation sites (tertiary alicyclic amines) is 1. The van der Waals surface area contributed by atoms with Crippen molar-refractivity contribution in [2.24, 2.45) is 0 Å². The van der Waals surface area contributed by atoms with E-state index in [-0.39, 0.29) is 11.8 Å². The number of carbonyl (C=O) groups excluding carboxylic acids is 1. The highest BCUT2D eigenvalue weighted by Gasteiger charge is 2.29. The molecule has 3 heterocycles. The molecule has 1 amide bonds. The molecule has 1 fully saturated rings. The Morgan fingerprint density at radius 1 is 1.07 bits per heavy atom. The van der Waals surface area contributed by atoms with Gasteiger partial charge in [-0.25, -0.2) is 4.98 Å². The van der Waals surface area contributed by atoms with Gasteiger partial charge < -0.3 is 9.64 Å². The number of amides is 1. The molecule has 6 nitrogen and oxygen atoms in total. The van der Waals surface area contributed by atoms with E-state index in [4.69, 9.17) is 4.74 Å². The molecule has 0 aliphatic carbocycles. The molecule has 28 heavy (non-hydrogen) atoms. The average Bonchev–Trinajstić information content (AvgIpc) is 2.74. The first-order valence-corrected chi connectivity index (χ1v) is 9.46. The summed E-state index contributed by atoms with van der Waals surface area (Å²) in [5.74, 6) is 1.27. The molecule has 1 saturated heterocycles. The van der Waals surface area contributed by atoms with Gasteiger partial charge in [0.15, 0.2) is 0 Å². The number of piperidine rings is 1. The molecule has 0 radical (unpaired) electrons. The average molecular weight is 374 g/mol. The summed E-state index contributed by atoms with van der Waals surface area (Å²) >= 11 is 0. The maximum absolute atomic E-state index is 12.8. The molecule has 0 spiro atoms. The Labute approximate surface area is 164 Å². The number of ether oxygens (including phenoxy) is 1. The van der Waals surface area contributed by atoms with Crippen molar-refractivity contribution < 1.29 is 9.53 Å². The minimum Gasteiger partial charge on any atom is -0.437 e. The molecule has 4 rings (SSSR count). The van der Waals surface area contributed by atoms with Gasteiger partial charge in [-0.2, -0.15) is 0 Å². The first-order valence-electron chi connectivity index (χ1n) is 9.46. The van der Waals surface area contributed by atoms with E-state index >= 15 is 0 Å². The number of carbonyl (C=O) groups is 1. The van der Waals surface area contributed by atoms with E-state index in [9.17, 15) is 4.79 Å². The van der Waals surface area contributed by atoms with Gasteiger partial charge in [0.05, 0.1) is 0 Å². The van der Waals surface area contributed by atoms with E-state index in [0.717, 1.165) is 36.4 Å². The summed E-state index contributed by atoms with van der Waals surface area (Å²) in [7, 11) is 0. The number of nitrogens with zero attached hydrogens (tertiary/aromatic N) is 4. The molecule has 1 aliphatic heterocycles. The summed E-state index contributed by atoms with van der Waals surface area (Å²) < 4.78 is 6.03. The minimum atomic E-state index is -0.0460. The highest BCUT2D eigenvalue weighted by atomic mass is 16.5. The van der Waals surface area contributed by atoms with Crippen LogP contribution in [0.15, 0.2) is 61.1 Å². The van der Waals surface area contributed by atoms with Gasteiger partial charge in [-0.15, -0.1) is 0 Å². The van der Waals surface area contributed by atoms with Crippen LogP contribution >= 0.6 is 0 Å². The molecule has 2 aromatic heterocycles. The first kappa shape index (κ1) is 18.1. The Morgan fingerprint density at radius 2 is 1.96 bits per heavy atom. The fourth-order valence-electron chi connectivity index (χ4n) is 3.52. The number of pyridine rings is 1. The van der Waals surface area contributed by atoms with Crippen LogP contribution in [0, 0.1) is 6.92 Å². The SMILES string of the molecule is Cc1cccc(Oc2nccnc2C2CCCN(C(=O)c3ccccn3)C2)c1. The zero-order chi connectivity index (χ0) is 19.3. The highest BCUT2D eigenvalue weighted by Crippen LogP contribution is 2.33. The van der Waals surface area contributed by atoms with E-state index in [0.29, 0.717) is 18.1 Å². The molecular weight excluding hydrogens is 352 g/mol. The van der Waals surface area contributed by atoms with Crippen molar-refractivity contribution in [3.63, 3.8) is 0 Å². The van der Waals surface area contributed by atoms with Crippen molar-refractivity contribution in [2.45, 2.75) is 25.7 Å². The van der Waals surface area contributed by atoms with Crippen molar-refractivity contribution in [1.29, 1.82) is 0 Å². The summed E-state index contributed by atoms with van der Waals surface area (Å²) in [5, 5.41) is 0.